The minimum absolute atomic E-state index is 0.384. The Bertz CT molecular complexity index is 1050. The lowest BCUT2D eigenvalue weighted by Crippen LogP contribution is -1.99. The van der Waals surface area contributed by atoms with Gasteiger partial charge in [-0.1, -0.05) is 0 Å². The van der Waals surface area contributed by atoms with E-state index in [0.29, 0.717) is 22.6 Å². The molecule has 8 nitrogen and oxygen atoms in total. The molecule has 0 saturated heterocycles. The molecule has 25 heavy (non-hydrogen) atoms. The Labute approximate surface area is 143 Å². The van der Waals surface area contributed by atoms with E-state index in [1.54, 1.807) is 24.8 Å². The minimum atomic E-state index is 0.384. The number of fused-ring (bicyclic) bond motifs is 1. The molecule has 4 aromatic heterocycles. The van der Waals surface area contributed by atoms with Crippen molar-refractivity contribution >= 4 is 28.2 Å². The molecule has 8 heteroatoms. The third-order valence-electron chi connectivity index (χ3n) is 3.61. The highest BCUT2D eigenvalue weighted by Crippen LogP contribution is 2.27. The van der Waals surface area contributed by atoms with Gasteiger partial charge in [-0.3, -0.25) is 4.98 Å². The molecular formula is C17H14N8. The van der Waals surface area contributed by atoms with Gasteiger partial charge >= 0.3 is 0 Å². The second-order valence-corrected chi connectivity index (χ2v) is 5.55. The van der Waals surface area contributed by atoms with Gasteiger partial charge in [-0.05, 0) is 30.7 Å². The number of nitrogens with one attached hydrogen (secondary N) is 1. The molecule has 0 aliphatic rings. The molecule has 4 rings (SSSR count). The van der Waals surface area contributed by atoms with E-state index >= 15 is 0 Å². The number of anilines is 3. The third-order valence-corrected chi connectivity index (χ3v) is 3.61. The summed E-state index contributed by atoms with van der Waals surface area (Å²) in [4.78, 5) is 16.9. The number of nitrogens with two attached hydrogens (primary N) is 1. The largest absolute Gasteiger partial charge is 0.383 e. The highest BCUT2D eigenvalue weighted by molar-refractivity contribution is 5.87. The van der Waals surface area contributed by atoms with Crippen LogP contribution in [0, 0.1) is 6.92 Å². The van der Waals surface area contributed by atoms with Crippen LogP contribution in [0.5, 0.6) is 0 Å². The lowest BCUT2D eigenvalue weighted by atomic mass is 10.1. The Morgan fingerprint density at radius 1 is 0.920 bits per heavy atom. The molecule has 3 N–H and O–H groups in total. The Balaban J connectivity index is 1.74. The van der Waals surface area contributed by atoms with Crippen LogP contribution in [0.15, 0.2) is 49.3 Å². The highest BCUT2D eigenvalue weighted by Gasteiger charge is 2.10. The molecule has 4 aromatic rings. The van der Waals surface area contributed by atoms with E-state index in [9.17, 15) is 0 Å². The van der Waals surface area contributed by atoms with E-state index < -0.39 is 0 Å². The van der Waals surface area contributed by atoms with Crippen molar-refractivity contribution in [2.24, 2.45) is 0 Å². The normalized spacial score (nSPS) is 10.8. The van der Waals surface area contributed by atoms with Crippen molar-refractivity contribution in [1.29, 1.82) is 0 Å². The van der Waals surface area contributed by atoms with Crippen LogP contribution in [0.4, 0.5) is 17.2 Å². The van der Waals surface area contributed by atoms with E-state index in [0.717, 1.165) is 22.5 Å². The molecular weight excluding hydrogens is 316 g/mol. The fourth-order valence-electron chi connectivity index (χ4n) is 2.46. The average Bonchev–Trinajstić information content (AvgIpc) is 2.62. The number of nitrogen functional groups attached to an aromatic ring is 1. The predicted octanol–water partition coefficient (Wildman–Crippen LogP) is 2.51. The van der Waals surface area contributed by atoms with Crippen molar-refractivity contribution < 1.29 is 0 Å². The molecule has 0 radical (unpaired) electrons. The van der Waals surface area contributed by atoms with Gasteiger partial charge in [0.05, 0.1) is 52.9 Å². The summed E-state index contributed by atoms with van der Waals surface area (Å²) in [6, 6.07) is 5.66. The first-order chi connectivity index (χ1) is 12.2. The molecule has 0 aliphatic heterocycles. The molecule has 0 aromatic carbocycles. The standard InChI is InChI=1S/C17H14N8/c1-10-2-14(25-22-5-10)13-4-15-16(24-17(13)18)3-11(8-21-15)23-12-6-19-9-20-7-12/h2-9,23H,1H3,(H2,18,24). The van der Waals surface area contributed by atoms with E-state index in [1.165, 1.54) is 6.33 Å². The van der Waals surface area contributed by atoms with Gasteiger partial charge in [0.2, 0.25) is 0 Å². The summed E-state index contributed by atoms with van der Waals surface area (Å²) < 4.78 is 0. The third kappa shape index (κ3) is 3.05. The Morgan fingerprint density at radius 3 is 2.56 bits per heavy atom. The van der Waals surface area contributed by atoms with E-state index in [2.05, 4.69) is 35.5 Å². The number of nitrogens with zero attached hydrogens (tertiary/aromatic N) is 6. The highest BCUT2D eigenvalue weighted by atomic mass is 15.1. The van der Waals surface area contributed by atoms with E-state index in [-0.39, 0.29) is 0 Å². The molecule has 0 atom stereocenters. The second-order valence-electron chi connectivity index (χ2n) is 5.55. The average molecular weight is 330 g/mol. The predicted molar refractivity (Wildman–Crippen MR) is 95.0 cm³/mol. The van der Waals surface area contributed by atoms with Crippen molar-refractivity contribution in [1.82, 2.24) is 30.1 Å². The van der Waals surface area contributed by atoms with Gasteiger partial charge in [0.25, 0.3) is 0 Å². The lowest BCUT2D eigenvalue weighted by molar-refractivity contribution is 1.02. The molecule has 0 bridgehead atoms. The number of aromatic nitrogens is 6. The zero-order valence-corrected chi connectivity index (χ0v) is 13.4. The van der Waals surface area contributed by atoms with Gasteiger partial charge in [-0.25, -0.2) is 15.0 Å². The summed E-state index contributed by atoms with van der Waals surface area (Å²) in [6.45, 7) is 1.95. The summed E-state index contributed by atoms with van der Waals surface area (Å²) >= 11 is 0. The van der Waals surface area contributed by atoms with Crippen LogP contribution in [0.2, 0.25) is 0 Å². The minimum Gasteiger partial charge on any atom is -0.383 e. The van der Waals surface area contributed by atoms with Gasteiger partial charge in [-0.15, -0.1) is 0 Å². The first-order valence-electron chi connectivity index (χ1n) is 7.57. The molecule has 122 valence electrons. The van der Waals surface area contributed by atoms with Crippen LogP contribution < -0.4 is 11.1 Å². The smallest absolute Gasteiger partial charge is 0.133 e. The molecule has 0 fully saturated rings. The Kier molecular flexibility index (Phi) is 3.62. The molecule has 0 amide bonds. The summed E-state index contributed by atoms with van der Waals surface area (Å²) in [6.07, 6.45) is 8.25. The lowest BCUT2D eigenvalue weighted by Gasteiger charge is -2.09. The van der Waals surface area contributed by atoms with E-state index in [1.807, 2.05) is 25.1 Å². The number of aryl methyl sites for hydroxylation is 1. The fraction of sp³-hybridized carbons (Fsp3) is 0.0588. The van der Waals surface area contributed by atoms with Crippen molar-refractivity contribution in [3.05, 3.63) is 54.9 Å². The fourth-order valence-corrected chi connectivity index (χ4v) is 2.46. The summed E-state index contributed by atoms with van der Waals surface area (Å²) in [5.74, 6) is 0.384. The van der Waals surface area contributed by atoms with Gasteiger partial charge in [0, 0.05) is 5.56 Å². The SMILES string of the molecule is Cc1cnnc(-c2cc3ncc(Nc4cncnc4)cc3nc2N)c1. The first kappa shape index (κ1) is 14.9. The molecule has 4 heterocycles. The zero-order chi connectivity index (χ0) is 17.2. The van der Waals surface area contributed by atoms with Gasteiger partial charge < -0.3 is 11.1 Å². The molecule has 0 aliphatic carbocycles. The summed E-state index contributed by atoms with van der Waals surface area (Å²) in [7, 11) is 0. The van der Waals surface area contributed by atoms with E-state index in [4.69, 9.17) is 5.73 Å². The quantitative estimate of drug-likeness (QED) is 0.588. The second kappa shape index (κ2) is 6.08. The Morgan fingerprint density at radius 2 is 1.76 bits per heavy atom. The van der Waals surface area contributed by atoms with Crippen molar-refractivity contribution in [2.75, 3.05) is 11.1 Å². The maximum Gasteiger partial charge on any atom is 0.133 e. The summed E-state index contributed by atoms with van der Waals surface area (Å²) in [5.41, 5.74) is 11.5. The van der Waals surface area contributed by atoms with Crippen molar-refractivity contribution in [3.63, 3.8) is 0 Å². The Hall–Kier alpha value is -3.68. The monoisotopic (exact) mass is 330 g/mol. The number of hydrogen-bond acceptors (Lipinski definition) is 8. The molecule has 0 saturated carbocycles. The zero-order valence-electron chi connectivity index (χ0n) is 13.4. The number of hydrogen-bond donors (Lipinski definition) is 2. The number of rotatable bonds is 3. The molecule has 0 spiro atoms. The van der Waals surface area contributed by atoms with Crippen LogP contribution in [0.25, 0.3) is 22.3 Å². The van der Waals surface area contributed by atoms with Crippen LogP contribution in [-0.4, -0.2) is 30.1 Å². The maximum atomic E-state index is 6.12. The summed E-state index contributed by atoms with van der Waals surface area (Å²) in [5, 5.41) is 11.3. The van der Waals surface area contributed by atoms with Crippen LogP contribution in [-0.2, 0) is 0 Å². The topological polar surface area (TPSA) is 115 Å². The van der Waals surface area contributed by atoms with Crippen molar-refractivity contribution in [3.8, 4) is 11.3 Å². The van der Waals surface area contributed by atoms with Crippen LogP contribution in [0.1, 0.15) is 5.56 Å². The van der Waals surface area contributed by atoms with Gasteiger partial charge in [-0.2, -0.15) is 10.2 Å². The number of pyridine rings is 2. The maximum absolute atomic E-state index is 6.12. The first-order valence-corrected chi connectivity index (χ1v) is 7.57. The van der Waals surface area contributed by atoms with Gasteiger partial charge in [0.15, 0.2) is 0 Å². The van der Waals surface area contributed by atoms with Gasteiger partial charge in [0.1, 0.15) is 12.1 Å². The van der Waals surface area contributed by atoms with Crippen LogP contribution >= 0.6 is 0 Å². The van der Waals surface area contributed by atoms with Crippen LogP contribution in [0.3, 0.4) is 0 Å². The molecule has 0 unspecified atom stereocenters. The van der Waals surface area contributed by atoms with Crippen molar-refractivity contribution in [2.45, 2.75) is 6.92 Å².